The lowest BCUT2D eigenvalue weighted by molar-refractivity contribution is -0.386. The van der Waals surface area contributed by atoms with Gasteiger partial charge in [0.25, 0.3) is 0 Å². The third-order valence-electron chi connectivity index (χ3n) is 3.19. The number of hydrogen-bond acceptors (Lipinski definition) is 7. The van der Waals surface area contributed by atoms with Crippen LogP contribution in [0.15, 0.2) is 42.5 Å². The van der Waals surface area contributed by atoms with Crippen molar-refractivity contribution in [2.24, 2.45) is 0 Å². The lowest BCUT2D eigenvalue weighted by Gasteiger charge is -2.14. The first-order valence-corrected chi connectivity index (χ1v) is 7.68. The summed E-state index contributed by atoms with van der Waals surface area (Å²) < 4.78 is 10.4. The molecule has 0 aliphatic rings. The first-order valence-electron chi connectivity index (χ1n) is 7.68. The van der Waals surface area contributed by atoms with E-state index in [2.05, 4.69) is 10.9 Å². The molecule has 8 nitrogen and oxygen atoms in total. The van der Waals surface area contributed by atoms with Crippen LogP contribution < -0.4 is 20.3 Å². The van der Waals surface area contributed by atoms with Gasteiger partial charge in [-0.05, 0) is 31.2 Å². The predicted molar refractivity (Wildman–Crippen MR) is 92.5 cm³/mol. The Balaban J connectivity index is 2.25. The van der Waals surface area contributed by atoms with Crippen LogP contribution in [0.1, 0.15) is 19.4 Å². The average molecular weight is 345 g/mol. The number of anilines is 1. The molecule has 2 aromatic carbocycles. The number of esters is 1. The predicted octanol–water partition coefficient (Wildman–Crippen LogP) is 3.04. The van der Waals surface area contributed by atoms with Crippen LogP contribution in [0.25, 0.3) is 0 Å². The summed E-state index contributed by atoms with van der Waals surface area (Å²) in [4.78, 5) is 22.2. The first-order chi connectivity index (χ1) is 12.0. The summed E-state index contributed by atoms with van der Waals surface area (Å²) >= 11 is 0. The highest BCUT2D eigenvalue weighted by Crippen LogP contribution is 2.40. The van der Waals surface area contributed by atoms with Crippen LogP contribution in [0.4, 0.5) is 11.4 Å². The van der Waals surface area contributed by atoms with E-state index in [0.29, 0.717) is 5.56 Å². The van der Waals surface area contributed by atoms with E-state index < -0.39 is 10.9 Å². The largest absolute Gasteiger partial charge is 0.485 e. The molecule has 0 saturated carbocycles. The van der Waals surface area contributed by atoms with Gasteiger partial charge in [0.2, 0.25) is 5.75 Å². The topological polar surface area (TPSA) is 103 Å². The number of para-hydroxylation sites is 1. The molecule has 0 aliphatic heterocycles. The standard InChI is InChI=1S/C17H19N3O5/c1-3-24-17-15(25-12(2)21)10-9-13(16(17)20(22)23)11-18-19-14-7-5-4-6-8-14/h4-10,18-19H,3,11H2,1-2H3. The number of hydrogen-bond donors (Lipinski definition) is 2. The molecule has 2 rings (SSSR count). The summed E-state index contributed by atoms with van der Waals surface area (Å²) in [6, 6.07) is 12.4. The number of nitrogens with one attached hydrogen (secondary N) is 2. The molecule has 0 amide bonds. The Morgan fingerprint density at radius 1 is 1.20 bits per heavy atom. The Hall–Kier alpha value is -3.13. The van der Waals surface area contributed by atoms with E-state index in [4.69, 9.17) is 9.47 Å². The minimum atomic E-state index is -0.577. The molecular formula is C17H19N3O5. The van der Waals surface area contributed by atoms with Gasteiger partial charge < -0.3 is 14.9 Å². The zero-order chi connectivity index (χ0) is 18.2. The van der Waals surface area contributed by atoms with Gasteiger partial charge in [0.1, 0.15) is 0 Å². The van der Waals surface area contributed by atoms with Crippen molar-refractivity contribution in [2.75, 3.05) is 12.0 Å². The lowest BCUT2D eigenvalue weighted by Crippen LogP contribution is -2.21. The van der Waals surface area contributed by atoms with Crippen molar-refractivity contribution >= 4 is 17.3 Å². The van der Waals surface area contributed by atoms with Gasteiger partial charge in [0, 0.05) is 24.7 Å². The second-order valence-corrected chi connectivity index (χ2v) is 5.03. The fourth-order valence-electron chi connectivity index (χ4n) is 2.22. The van der Waals surface area contributed by atoms with Crippen molar-refractivity contribution in [1.82, 2.24) is 5.43 Å². The number of carbonyl (C=O) groups is 1. The molecule has 0 spiro atoms. The van der Waals surface area contributed by atoms with Crippen molar-refractivity contribution in [1.29, 1.82) is 0 Å². The second kappa shape index (κ2) is 8.65. The molecule has 0 heterocycles. The van der Waals surface area contributed by atoms with E-state index in [9.17, 15) is 14.9 Å². The fourth-order valence-corrected chi connectivity index (χ4v) is 2.22. The zero-order valence-electron chi connectivity index (χ0n) is 13.9. The van der Waals surface area contributed by atoms with Gasteiger partial charge in [-0.2, -0.15) is 0 Å². The number of nitro groups is 1. The number of ether oxygens (including phenoxy) is 2. The summed E-state index contributed by atoms with van der Waals surface area (Å²) in [6.07, 6.45) is 0. The minimum absolute atomic E-state index is 0.0285. The maximum atomic E-state index is 11.5. The number of hydrazine groups is 1. The van der Waals surface area contributed by atoms with Crippen LogP contribution in [0.2, 0.25) is 0 Å². The quantitative estimate of drug-likeness (QED) is 0.328. The van der Waals surface area contributed by atoms with E-state index in [0.717, 1.165) is 5.69 Å². The molecule has 25 heavy (non-hydrogen) atoms. The van der Waals surface area contributed by atoms with Crippen LogP contribution in [0.5, 0.6) is 11.5 Å². The molecular weight excluding hydrogens is 326 g/mol. The van der Waals surface area contributed by atoms with Gasteiger partial charge in [0.05, 0.1) is 11.5 Å². The molecule has 0 fully saturated rings. The summed E-state index contributed by atoms with van der Waals surface area (Å²) in [5.74, 6) is -0.602. The smallest absolute Gasteiger partial charge is 0.319 e. The molecule has 2 aromatic rings. The Kier molecular flexibility index (Phi) is 6.30. The van der Waals surface area contributed by atoms with Crippen molar-refractivity contribution in [2.45, 2.75) is 20.4 Å². The van der Waals surface area contributed by atoms with E-state index in [1.807, 2.05) is 30.3 Å². The fraction of sp³-hybridized carbons (Fsp3) is 0.235. The maximum Gasteiger partial charge on any atom is 0.319 e. The highest BCUT2D eigenvalue weighted by molar-refractivity contribution is 5.72. The SMILES string of the molecule is CCOc1c(OC(C)=O)ccc(CNNc2ccccc2)c1[N+](=O)[O-]. The first kappa shape index (κ1) is 18.2. The van der Waals surface area contributed by atoms with Crippen LogP contribution in [0.3, 0.4) is 0 Å². The maximum absolute atomic E-state index is 11.5. The third kappa shape index (κ3) is 4.92. The van der Waals surface area contributed by atoms with E-state index in [1.165, 1.54) is 19.1 Å². The van der Waals surface area contributed by atoms with Crippen LogP contribution in [-0.4, -0.2) is 17.5 Å². The van der Waals surface area contributed by atoms with Crippen LogP contribution in [-0.2, 0) is 11.3 Å². The average Bonchev–Trinajstić information content (AvgIpc) is 2.57. The van der Waals surface area contributed by atoms with Crippen LogP contribution >= 0.6 is 0 Å². The molecule has 0 atom stereocenters. The summed E-state index contributed by atoms with van der Waals surface area (Å²) in [5, 5.41) is 11.5. The third-order valence-corrected chi connectivity index (χ3v) is 3.19. The van der Waals surface area contributed by atoms with E-state index in [1.54, 1.807) is 6.92 Å². The van der Waals surface area contributed by atoms with E-state index >= 15 is 0 Å². The summed E-state index contributed by atoms with van der Waals surface area (Å²) in [6.45, 7) is 3.30. The Labute approximate surface area is 144 Å². The molecule has 0 aliphatic carbocycles. The minimum Gasteiger partial charge on any atom is -0.485 e. The van der Waals surface area contributed by atoms with Gasteiger partial charge in [-0.1, -0.05) is 18.2 Å². The van der Waals surface area contributed by atoms with Gasteiger partial charge in [-0.3, -0.25) is 14.9 Å². The van der Waals surface area contributed by atoms with Crippen molar-refractivity contribution in [3.63, 3.8) is 0 Å². The number of rotatable bonds is 8. The molecule has 2 N–H and O–H groups in total. The Bertz CT molecular complexity index is 749. The summed E-state index contributed by atoms with van der Waals surface area (Å²) in [5.41, 5.74) is 6.87. The van der Waals surface area contributed by atoms with Crippen molar-refractivity contribution < 1.29 is 19.2 Å². The molecule has 0 unspecified atom stereocenters. The molecule has 0 saturated heterocycles. The second-order valence-electron chi connectivity index (χ2n) is 5.03. The van der Waals surface area contributed by atoms with Gasteiger partial charge in [0.15, 0.2) is 5.75 Å². The number of nitrogens with zero attached hydrogens (tertiary/aromatic N) is 1. The Morgan fingerprint density at radius 3 is 2.52 bits per heavy atom. The Morgan fingerprint density at radius 2 is 1.92 bits per heavy atom. The number of nitro benzene ring substituents is 1. The van der Waals surface area contributed by atoms with Crippen LogP contribution in [0, 0.1) is 10.1 Å². The summed E-state index contributed by atoms with van der Waals surface area (Å²) in [7, 11) is 0. The zero-order valence-corrected chi connectivity index (χ0v) is 13.9. The molecule has 0 radical (unpaired) electrons. The molecule has 0 bridgehead atoms. The number of benzene rings is 2. The van der Waals surface area contributed by atoms with E-state index in [-0.39, 0.29) is 30.3 Å². The monoisotopic (exact) mass is 345 g/mol. The molecule has 0 aromatic heterocycles. The highest BCUT2D eigenvalue weighted by atomic mass is 16.6. The molecule has 8 heteroatoms. The lowest BCUT2D eigenvalue weighted by atomic mass is 10.1. The van der Waals surface area contributed by atoms with Gasteiger partial charge in [-0.15, -0.1) is 0 Å². The normalized spacial score (nSPS) is 10.2. The van der Waals surface area contributed by atoms with Crippen molar-refractivity contribution in [3.05, 3.63) is 58.1 Å². The number of carbonyl (C=O) groups excluding carboxylic acids is 1. The molecule has 132 valence electrons. The van der Waals surface area contributed by atoms with Crippen molar-refractivity contribution in [3.8, 4) is 11.5 Å². The highest BCUT2D eigenvalue weighted by Gasteiger charge is 2.26. The van der Waals surface area contributed by atoms with Gasteiger partial charge in [-0.25, -0.2) is 5.43 Å². The van der Waals surface area contributed by atoms with Gasteiger partial charge >= 0.3 is 11.7 Å².